The molecule has 2 heterocycles. The van der Waals surface area contributed by atoms with Gasteiger partial charge in [0.1, 0.15) is 5.69 Å². The van der Waals surface area contributed by atoms with Gasteiger partial charge in [0.25, 0.3) is 17.5 Å². The molecule has 1 N–H and O–H groups in total. The summed E-state index contributed by atoms with van der Waals surface area (Å²) in [6.07, 6.45) is 2.94. The number of nitro benzene ring substituents is 1. The molecule has 0 atom stereocenters. The number of anilines is 1. The number of hydrogen-bond acceptors (Lipinski definition) is 6. The summed E-state index contributed by atoms with van der Waals surface area (Å²) >= 11 is 0. The van der Waals surface area contributed by atoms with Crippen molar-refractivity contribution in [2.75, 3.05) is 18.4 Å². The van der Waals surface area contributed by atoms with E-state index in [1.54, 1.807) is 42.2 Å². The fourth-order valence-electron chi connectivity index (χ4n) is 3.97. The third kappa shape index (κ3) is 4.56. The van der Waals surface area contributed by atoms with Crippen LogP contribution in [0.5, 0.6) is 0 Å². The van der Waals surface area contributed by atoms with Crippen LogP contribution >= 0.6 is 0 Å². The van der Waals surface area contributed by atoms with Crippen LogP contribution < -0.4 is 10.7 Å². The van der Waals surface area contributed by atoms with Gasteiger partial charge in [-0.3, -0.25) is 24.5 Å². The lowest BCUT2D eigenvalue weighted by Crippen LogP contribution is -2.36. The van der Waals surface area contributed by atoms with Crippen LogP contribution in [0.25, 0.3) is 5.69 Å². The fourth-order valence-corrected chi connectivity index (χ4v) is 3.97. The van der Waals surface area contributed by atoms with E-state index in [0.717, 1.165) is 19.3 Å². The van der Waals surface area contributed by atoms with Gasteiger partial charge in [0, 0.05) is 30.9 Å². The van der Waals surface area contributed by atoms with Gasteiger partial charge in [-0.2, -0.15) is 5.10 Å². The van der Waals surface area contributed by atoms with E-state index >= 15 is 0 Å². The minimum Gasteiger partial charge on any atom is -0.339 e. The third-order valence-electron chi connectivity index (χ3n) is 5.68. The first-order chi connectivity index (χ1) is 16.4. The van der Waals surface area contributed by atoms with Crippen LogP contribution in [-0.4, -0.2) is 44.5 Å². The number of rotatable bonds is 5. The zero-order valence-electron chi connectivity index (χ0n) is 18.6. The molecule has 1 aromatic heterocycles. The number of benzene rings is 2. The zero-order valence-corrected chi connectivity index (χ0v) is 18.6. The Balaban J connectivity index is 1.68. The highest BCUT2D eigenvalue weighted by atomic mass is 16.6. The first-order valence-electron chi connectivity index (χ1n) is 10.9. The number of amides is 2. The second kappa shape index (κ2) is 9.65. The summed E-state index contributed by atoms with van der Waals surface area (Å²) in [6, 6.07) is 13.7. The SMILES string of the molecule is Cc1cc(=O)c(C(=O)Nc2ccccc2C(=O)N2CCCCC2)nn1-c1ccccc1[N+](=O)[O-]. The van der Waals surface area contributed by atoms with E-state index in [4.69, 9.17) is 0 Å². The van der Waals surface area contributed by atoms with Gasteiger partial charge in [0.15, 0.2) is 5.69 Å². The van der Waals surface area contributed by atoms with Gasteiger partial charge in [0.2, 0.25) is 5.43 Å². The van der Waals surface area contributed by atoms with E-state index in [9.17, 15) is 24.5 Å². The lowest BCUT2D eigenvalue weighted by Gasteiger charge is -2.27. The van der Waals surface area contributed by atoms with E-state index in [-0.39, 0.29) is 23.0 Å². The molecule has 174 valence electrons. The quantitative estimate of drug-likeness (QED) is 0.459. The van der Waals surface area contributed by atoms with E-state index in [1.807, 2.05) is 0 Å². The maximum absolute atomic E-state index is 13.1. The molecule has 3 aromatic rings. The topological polar surface area (TPSA) is 127 Å². The zero-order chi connectivity index (χ0) is 24.2. The Morgan fingerprint density at radius 2 is 1.71 bits per heavy atom. The highest BCUT2D eigenvalue weighted by molar-refractivity contribution is 6.08. The molecule has 1 aliphatic heterocycles. The number of nitro groups is 1. The molecule has 0 saturated carbocycles. The van der Waals surface area contributed by atoms with Crippen molar-refractivity contribution in [2.24, 2.45) is 0 Å². The third-order valence-corrected chi connectivity index (χ3v) is 5.68. The fraction of sp³-hybridized carbons (Fsp3) is 0.250. The molecule has 0 aliphatic carbocycles. The summed E-state index contributed by atoms with van der Waals surface area (Å²) in [5.41, 5.74) is -0.249. The predicted octanol–water partition coefficient (Wildman–Crippen LogP) is 3.33. The molecular weight excluding hydrogens is 438 g/mol. The van der Waals surface area contributed by atoms with Crippen LogP contribution in [0.4, 0.5) is 11.4 Å². The molecule has 1 saturated heterocycles. The number of carbonyl (C=O) groups excluding carboxylic acids is 2. The first kappa shape index (κ1) is 22.8. The number of carbonyl (C=O) groups is 2. The number of nitrogens with zero attached hydrogens (tertiary/aromatic N) is 4. The minimum atomic E-state index is -0.809. The molecule has 0 bridgehead atoms. The lowest BCUT2D eigenvalue weighted by atomic mass is 10.1. The van der Waals surface area contributed by atoms with Crippen molar-refractivity contribution in [3.63, 3.8) is 0 Å². The standard InChI is InChI=1S/C24H23N5O5/c1-16-15-21(30)22(26-28(16)19-11-5-6-12-20(19)29(33)34)23(31)25-18-10-4-3-9-17(18)24(32)27-13-7-2-8-14-27/h3-6,9-12,15H,2,7-8,13-14H2,1H3,(H,25,31). The van der Waals surface area contributed by atoms with Crippen LogP contribution in [0.3, 0.4) is 0 Å². The van der Waals surface area contributed by atoms with Gasteiger partial charge in [0.05, 0.1) is 16.2 Å². The van der Waals surface area contributed by atoms with Gasteiger partial charge < -0.3 is 10.2 Å². The van der Waals surface area contributed by atoms with Gasteiger partial charge >= 0.3 is 0 Å². The van der Waals surface area contributed by atoms with Crippen molar-refractivity contribution >= 4 is 23.2 Å². The van der Waals surface area contributed by atoms with Gasteiger partial charge in [-0.15, -0.1) is 0 Å². The lowest BCUT2D eigenvalue weighted by molar-refractivity contribution is -0.384. The molecule has 2 aromatic carbocycles. The van der Waals surface area contributed by atoms with Crippen LogP contribution in [0.1, 0.15) is 45.8 Å². The van der Waals surface area contributed by atoms with Crippen LogP contribution in [0, 0.1) is 17.0 Å². The van der Waals surface area contributed by atoms with E-state index in [2.05, 4.69) is 10.4 Å². The smallest absolute Gasteiger partial charge is 0.294 e. The Labute approximate surface area is 195 Å². The second-order valence-corrected chi connectivity index (χ2v) is 8.01. The summed E-state index contributed by atoms with van der Waals surface area (Å²) in [4.78, 5) is 51.3. The summed E-state index contributed by atoms with van der Waals surface area (Å²) < 4.78 is 1.19. The average molecular weight is 461 g/mol. The maximum atomic E-state index is 13.1. The monoisotopic (exact) mass is 461 g/mol. The van der Waals surface area contributed by atoms with Gasteiger partial charge in [-0.05, 0) is 44.4 Å². The minimum absolute atomic E-state index is 0.125. The van der Waals surface area contributed by atoms with Gasteiger partial charge in [-0.1, -0.05) is 24.3 Å². The van der Waals surface area contributed by atoms with Crippen molar-refractivity contribution in [1.82, 2.24) is 14.7 Å². The van der Waals surface area contributed by atoms with Crippen molar-refractivity contribution < 1.29 is 14.5 Å². The summed E-state index contributed by atoms with van der Waals surface area (Å²) in [5.74, 6) is -0.999. The summed E-state index contributed by atoms with van der Waals surface area (Å²) in [7, 11) is 0. The summed E-state index contributed by atoms with van der Waals surface area (Å²) in [6.45, 7) is 2.88. The Bertz CT molecular complexity index is 1330. The molecule has 1 aliphatic rings. The normalized spacial score (nSPS) is 13.4. The van der Waals surface area contributed by atoms with Crippen LogP contribution in [-0.2, 0) is 0 Å². The van der Waals surface area contributed by atoms with Crippen LogP contribution in [0.2, 0.25) is 0 Å². The van der Waals surface area contributed by atoms with Crippen molar-refractivity contribution in [3.05, 3.63) is 91.9 Å². The number of aryl methyl sites for hydroxylation is 1. The molecule has 1 fully saturated rings. The number of nitrogens with one attached hydrogen (secondary N) is 1. The Hall–Kier alpha value is -4.34. The number of likely N-dealkylation sites (tertiary alicyclic amines) is 1. The van der Waals surface area contributed by atoms with Crippen molar-refractivity contribution in [3.8, 4) is 5.69 Å². The second-order valence-electron chi connectivity index (χ2n) is 8.01. The predicted molar refractivity (Wildman–Crippen MR) is 125 cm³/mol. The van der Waals surface area contributed by atoms with Crippen molar-refractivity contribution in [2.45, 2.75) is 26.2 Å². The highest BCUT2D eigenvalue weighted by Gasteiger charge is 2.24. The Morgan fingerprint density at radius 1 is 1.03 bits per heavy atom. The maximum Gasteiger partial charge on any atom is 0.294 e. The largest absolute Gasteiger partial charge is 0.339 e. The first-order valence-corrected chi connectivity index (χ1v) is 10.9. The Morgan fingerprint density at radius 3 is 2.44 bits per heavy atom. The number of hydrogen-bond donors (Lipinski definition) is 1. The molecule has 4 rings (SSSR count). The molecule has 2 amide bonds. The number of aromatic nitrogens is 2. The average Bonchev–Trinajstić information content (AvgIpc) is 2.84. The van der Waals surface area contributed by atoms with Crippen LogP contribution in [0.15, 0.2) is 59.4 Å². The van der Waals surface area contributed by atoms with Crippen molar-refractivity contribution in [1.29, 1.82) is 0 Å². The van der Waals surface area contributed by atoms with Gasteiger partial charge in [-0.25, -0.2) is 4.68 Å². The Kier molecular flexibility index (Phi) is 6.48. The molecule has 0 spiro atoms. The molecule has 10 nitrogen and oxygen atoms in total. The molecular formula is C24H23N5O5. The molecule has 0 radical (unpaired) electrons. The highest BCUT2D eigenvalue weighted by Crippen LogP contribution is 2.23. The molecule has 10 heteroatoms. The van der Waals surface area contributed by atoms with E-state index in [1.165, 1.54) is 28.9 Å². The van der Waals surface area contributed by atoms with E-state index in [0.29, 0.717) is 24.3 Å². The number of para-hydroxylation sites is 3. The summed E-state index contributed by atoms with van der Waals surface area (Å²) in [5, 5.41) is 18.2. The number of piperidine rings is 1. The molecule has 34 heavy (non-hydrogen) atoms. The molecule has 0 unspecified atom stereocenters. The van der Waals surface area contributed by atoms with E-state index < -0.39 is 22.0 Å².